The molecule has 1 heterocycles. The van der Waals surface area contributed by atoms with E-state index in [9.17, 15) is 0 Å². The maximum Gasteiger partial charge on any atom is 0.145 e. The molecule has 0 aromatic carbocycles. The molecule has 64 valence electrons. The lowest BCUT2D eigenvalue weighted by atomic mass is 10.3. The Labute approximate surface area is 74.9 Å². The van der Waals surface area contributed by atoms with Crippen molar-refractivity contribution in [2.75, 3.05) is 0 Å². The standard InChI is InChI=1S/C8H6N4O/c9-3-7(4-10)5-11-6-8-1-2-13-12-8/h1-2,5,11H,6H2. The molecular formula is C8H6N4O. The average Bonchev–Trinajstić information content (AvgIpc) is 2.65. The third-order valence-corrected chi connectivity index (χ3v) is 1.26. The summed E-state index contributed by atoms with van der Waals surface area (Å²) in [5.41, 5.74) is 0.745. The van der Waals surface area contributed by atoms with E-state index in [1.807, 2.05) is 0 Å². The first-order chi connectivity index (χ1) is 6.36. The number of nitrogens with one attached hydrogen (secondary N) is 1. The van der Waals surface area contributed by atoms with Crippen molar-refractivity contribution < 1.29 is 4.52 Å². The van der Waals surface area contributed by atoms with Gasteiger partial charge in [-0.1, -0.05) is 5.16 Å². The van der Waals surface area contributed by atoms with Gasteiger partial charge in [0.25, 0.3) is 0 Å². The van der Waals surface area contributed by atoms with Crippen LogP contribution in [0.4, 0.5) is 0 Å². The molecule has 5 heteroatoms. The molecule has 1 aromatic rings. The second-order valence-electron chi connectivity index (χ2n) is 2.15. The zero-order valence-electron chi connectivity index (χ0n) is 6.69. The minimum absolute atomic E-state index is 0.0310. The fraction of sp³-hybridized carbons (Fsp3) is 0.125. The van der Waals surface area contributed by atoms with Gasteiger partial charge in [-0.05, 0) is 0 Å². The maximum atomic E-state index is 8.37. The molecule has 5 nitrogen and oxygen atoms in total. The van der Waals surface area contributed by atoms with Crippen LogP contribution in [0.3, 0.4) is 0 Å². The minimum Gasteiger partial charge on any atom is -0.383 e. The van der Waals surface area contributed by atoms with E-state index in [4.69, 9.17) is 10.5 Å². The Morgan fingerprint density at radius 1 is 1.62 bits per heavy atom. The van der Waals surface area contributed by atoms with Crippen molar-refractivity contribution in [3.63, 3.8) is 0 Å². The van der Waals surface area contributed by atoms with Gasteiger partial charge in [0.15, 0.2) is 0 Å². The van der Waals surface area contributed by atoms with Gasteiger partial charge in [0.1, 0.15) is 29.7 Å². The Morgan fingerprint density at radius 3 is 2.92 bits per heavy atom. The molecule has 0 aliphatic heterocycles. The van der Waals surface area contributed by atoms with Crippen LogP contribution in [0.25, 0.3) is 0 Å². The third-order valence-electron chi connectivity index (χ3n) is 1.26. The van der Waals surface area contributed by atoms with E-state index < -0.39 is 0 Å². The van der Waals surface area contributed by atoms with Crippen LogP contribution < -0.4 is 5.32 Å². The smallest absolute Gasteiger partial charge is 0.145 e. The second-order valence-corrected chi connectivity index (χ2v) is 2.15. The summed E-state index contributed by atoms with van der Waals surface area (Å²) >= 11 is 0. The number of nitrogens with zero attached hydrogens (tertiary/aromatic N) is 3. The Morgan fingerprint density at radius 2 is 2.38 bits per heavy atom. The zero-order chi connectivity index (χ0) is 9.52. The quantitative estimate of drug-likeness (QED) is 0.681. The van der Waals surface area contributed by atoms with Crippen molar-refractivity contribution in [1.29, 1.82) is 10.5 Å². The van der Waals surface area contributed by atoms with E-state index >= 15 is 0 Å². The fourth-order valence-corrected chi connectivity index (χ4v) is 0.676. The number of hydrogen-bond acceptors (Lipinski definition) is 5. The van der Waals surface area contributed by atoms with Crippen molar-refractivity contribution in [2.45, 2.75) is 6.54 Å². The Kier molecular flexibility index (Phi) is 3.11. The highest BCUT2D eigenvalue weighted by atomic mass is 16.5. The van der Waals surface area contributed by atoms with E-state index in [2.05, 4.69) is 15.0 Å². The van der Waals surface area contributed by atoms with Gasteiger partial charge < -0.3 is 9.84 Å². The summed E-state index contributed by atoms with van der Waals surface area (Å²) in [5, 5.41) is 23.1. The molecule has 0 bridgehead atoms. The molecule has 1 rings (SSSR count). The van der Waals surface area contributed by atoms with Crippen molar-refractivity contribution in [2.24, 2.45) is 0 Å². The molecule has 0 fully saturated rings. The lowest BCUT2D eigenvalue weighted by molar-refractivity contribution is 0.410. The Bertz CT molecular complexity index is 350. The SMILES string of the molecule is N#CC(C#N)=CNCc1ccon1. The summed E-state index contributed by atoms with van der Waals surface area (Å²) in [6, 6.07) is 5.14. The van der Waals surface area contributed by atoms with Crippen LogP contribution in [0.2, 0.25) is 0 Å². The second kappa shape index (κ2) is 4.58. The molecule has 0 saturated carbocycles. The van der Waals surface area contributed by atoms with Gasteiger partial charge >= 0.3 is 0 Å². The number of aromatic nitrogens is 1. The van der Waals surface area contributed by atoms with Crippen LogP contribution in [0.5, 0.6) is 0 Å². The van der Waals surface area contributed by atoms with Crippen molar-refractivity contribution in [3.05, 3.63) is 29.8 Å². The van der Waals surface area contributed by atoms with Crippen molar-refractivity contribution in [1.82, 2.24) is 10.5 Å². The molecule has 0 aliphatic carbocycles. The average molecular weight is 174 g/mol. The van der Waals surface area contributed by atoms with Crippen LogP contribution in [0.1, 0.15) is 5.69 Å². The highest BCUT2D eigenvalue weighted by Crippen LogP contribution is 1.93. The fourth-order valence-electron chi connectivity index (χ4n) is 0.676. The van der Waals surface area contributed by atoms with Gasteiger partial charge in [-0.2, -0.15) is 10.5 Å². The number of rotatable bonds is 3. The molecule has 1 aromatic heterocycles. The van der Waals surface area contributed by atoms with E-state index in [1.54, 1.807) is 18.2 Å². The predicted molar refractivity (Wildman–Crippen MR) is 42.7 cm³/mol. The Balaban J connectivity index is 2.42. The topological polar surface area (TPSA) is 85.6 Å². The summed E-state index contributed by atoms with van der Waals surface area (Å²) in [5.74, 6) is 0. The van der Waals surface area contributed by atoms with E-state index in [1.165, 1.54) is 12.5 Å². The van der Waals surface area contributed by atoms with E-state index in [0.717, 1.165) is 0 Å². The molecular weight excluding hydrogens is 168 g/mol. The summed E-state index contributed by atoms with van der Waals surface area (Å²) in [6.45, 7) is 0.434. The first-order valence-corrected chi connectivity index (χ1v) is 3.50. The molecule has 0 spiro atoms. The number of hydrogen-bond donors (Lipinski definition) is 1. The van der Waals surface area contributed by atoms with Gasteiger partial charge in [-0.15, -0.1) is 0 Å². The monoisotopic (exact) mass is 174 g/mol. The Hall–Kier alpha value is -2.27. The molecule has 0 saturated heterocycles. The molecule has 0 unspecified atom stereocenters. The van der Waals surface area contributed by atoms with Crippen molar-refractivity contribution >= 4 is 0 Å². The zero-order valence-corrected chi connectivity index (χ0v) is 6.69. The van der Waals surface area contributed by atoms with Gasteiger partial charge in [-0.25, -0.2) is 0 Å². The summed E-state index contributed by atoms with van der Waals surface area (Å²) in [4.78, 5) is 0. The van der Waals surface area contributed by atoms with Crippen LogP contribution >= 0.6 is 0 Å². The van der Waals surface area contributed by atoms with Crippen LogP contribution in [-0.4, -0.2) is 5.16 Å². The number of allylic oxidation sites excluding steroid dienone is 1. The highest BCUT2D eigenvalue weighted by molar-refractivity contribution is 5.34. The lowest BCUT2D eigenvalue weighted by Crippen LogP contribution is -2.05. The van der Waals surface area contributed by atoms with Gasteiger partial charge in [-0.3, -0.25) is 0 Å². The molecule has 0 atom stereocenters. The maximum absolute atomic E-state index is 8.37. The van der Waals surface area contributed by atoms with E-state index in [0.29, 0.717) is 12.2 Å². The largest absolute Gasteiger partial charge is 0.383 e. The van der Waals surface area contributed by atoms with E-state index in [-0.39, 0.29) is 5.57 Å². The van der Waals surface area contributed by atoms with Crippen LogP contribution in [0.15, 0.2) is 28.6 Å². The first-order valence-electron chi connectivity index (χ1n) is 3.50. The molecule has 13 heavy (non-hydrogen) atoms. The summed E-state index contributed by atoms with van der Waals surface area (Å²) in [6.07, 6.45) is 2.80. The normalized spacial score (nSPS) is 8.15. The lowest BCUT2D eigenvalue weighted by Gasteiger charge is -1.93. The molecule has 0 aliphatic rings. The minimum atomic E-state index is 0.0310. The third kappa shape index (κ3) is 2.68. The highest BCUT2D eigenvalue weighted by Gasteiger charge is 1.94. The van der Waals surface area contributed by atoms with Gasteiger partial charge in [0.05, 0.1) is 6.54 Å². The molecule has 0 radical (unpaired) electrons. The van der Waals surface area contributed by atoms with Gasteiger partial charge in [0, 0.05) is 12.3 Å². The van der Waals surface area contributed by atoms with Crippen LogP contribution in [-0.2, 0) is 6.54 Å². The van der Waals surface area contributed by atoms with Gasteiger partial charge in [0.2, 0.25) is 0 Å². The van der Waals surface area contributed by atoms with Crippen LogP contribution in [0, 0.1) is 22.7 Å². The summed E-state index contributed by atoms with van der Waals surface area (Å²) < 4.78 is 4.58. The summed E-state index contributed by atoms with van der Waals surface area (Å²) in [7, 11) is 0. The molecule has 0 amide bonds. The predicted octanol–water partition coefficient (Wildman–Crippen LogP) is 0.695. The first kappa shape index (κ1) is 8.82. The molecule has 1 N–H and O–H groups in total. The van der Waals surface area contributed by atoms with Crippen molar-refractivity contribution in [3.8, 4) is 12.1 Å². The number of nitriles is 2.